The number of nitrogens with one attached hydrogen (secondary N) is 2. The molecule has 8 heteroatoms. The minimum absolute atomic E-state index is 0.0392. The molecule has 3 heterocycles. The lowest BCUT2D eigenvalue weighted by atomic mass is 10.3. The first-order valence-corrected chi connectivity index (χ1v) is 10.1. The fraction of sp³-hybridized carbons (Fsp3) is 0.421. The quantitative estimate of drug-likeness (QED) is 0.726. The number of amides is 2. The number of aromatic nitrogens is 3. The van der Waals surface area contributed by atoms with Crippen LogP contribution in [0.25, 0.3) is 10.2 Å². The normalized spacial score (nSPS) is 16.4. The number of rotatable bonds is 3. The number of fused-ring (bicyclic) bond motifs is 1. The summed E-state index contributed by atoms with van der Waals surface area (Å²) in [7, 11) is 0. The van der Waals surface area contributed by atoms with E-state index in [1.165, 1.54) is 4.70 Å². The predicted octanol–water partition coefficient (Wildman–Crippen LogP) is 3.31. The van der Waals surface area contributed by atoms with Gasteiger partial charge in [0, 0.05) is 38.1 Å². The SMILES string of the molecule is Cc1cnc([C@H](C)NC(=O)N2CCCN(c3nc4ccccc4s3)CC2)[nH]1. The number of H-pyrrole nitrogens is 1. The molecular weight excluding hydrogens is 360 g/mol. The van der Waals surface area contributed by atoms with E-state index < -0.39 is 0 Å². The molecule has 2 amide bonds. The Bertz CT molecular complexity index is 902. The molecule has 0 aliphatic carbocycles. The van der Waals surface area contributed by atoms with Gasteiger partial charge < -0.3 is 20.1 Å². The Morgan fingerprint density at radius 2 is 2.11 bits per heavy atom. The highest BCUT2D eigenvalue weighted by Crippen LogP contribution is 2.29. The number of hydrogen-bond donors (Lipinski definition) is 2. The maximum Gasteiger partial charge on any atom is 0.318 e. The number of urea groups is 1. The van der Waals surface area contributed by atoms with E-state index >= 15 is 0 Å². The third-order valence-electron chi connectivity index (χ3n) is 4.81. The van der Waals surface area contributed by atoms with E-state index in [0.29, 0.717) is 6.54 Å². The molecule has 3 aromatic rings. The Balaban J connectivity index is 1.38. The summed E-state index contributed by atoms with van der Waals surface area (Å²) in [6.45, 7) is 7.04. The smallest absolute Gasteiger partial charge is 0.318 e. The maximum absolute atomic E-state index is 12.7. The molecule has 4 rings (SSSR count). The Labute approximate surface area is 162 Å². The van der Waals surface area contributed by atoms with Crippen LogP contribution in [0, 0.1) is 6.92 Å². The molecule has 1 saturated heterocycles. The lowest BCUT2D eigenvalue weighted by molar-refractivity contribution is 0.197. The Kier molecular flexibility index (Phi) is 4.98. The van der Waals surface area contributed by atoms with Crippen molar-refractivity contribution in [3.8, 4) is 0 Å². The number of aryl methyl sites for hydroxylation is 1. The molecule has 0 saturated carbocycles. The van der Waals surface area contributed by atoms with E-state index in [1.807, 2.05) is 36.9 Å². The van der Waals surface area contributed by atoms with Crippen molar-refractivity contribution in [1.82, 2.24) is 25.2 Å². The number of hydrogen-bond acceptors (Lipinski definition) is 5. The topological polar surface area (TPSA) is 77.2 Å². The first-order valence-electron chi connectivity index (χ1n) is 9.27. The van der Waals surface area contributed by atoms with Crippen LogP contribution in [0.3, 0.4) is 0 Å². The summed E-state index contributed by atoms with van der Waals surface area (Å²) in [4.78, 5) is 29.1. The summed E-state index contributed by atoms with van der Waals surface area (Å²) >= 11 is 1.72. The van der Waals surface area contributed by atoms with Crippen LogP contribution in [0.2, 0.25) is 0 Å². The van der Waals surface area contributed by atoms with Crippen LogP contribution in [0.4, 0.5) is 9.93 Å². The van der Waals surface area contributed by atoms with Crippen molar-refractivity contribution in [3.05, 3.63) is 42.0 Å². The third-order valence-corrected chi connectivity index (χ3v) is 5.91. The first-order chi connectivity index (χ1) is 13.1. The van der Waals surface area contributed by atoms with Crippen LogP contribution in [0.1, 0.15) is 30.9 Å². The third kappa shape index (κ3) is 3.90. The van der Waals surface area contributed by atoms with Crippen LogP contribution in [-0.2, 0) is 0 Å². The Morgan fingerprint density at radius 3 is 2.89 bits per heavy atom. The second kappa shape index (κ2) is 7.56. The largest absolute Gasteiger partial charge is 0.346 e. The molecule has 1 fully saturated rings. The van der Waals surface area contributed by atoms with Crippen molar-refractivity contribution in [2.45, 2.75) is 26.3 Å². The second-order valence-electron chi connectivity index (χ2n) is 6.91. The number of carbonyl (C=O) groups is 1. The lowest BCUT2D eigenvalue weighted by Gasteiger charge is -2.23. The minimum atomic E-state index is -0.144. The van der Waals surface area contributed by atoms with E-state index in [0.717, 1.165) is 48.2 Å². The van der Waals surface area contributed by atoms with E-state index in [4.69, 9.17) is 4.98 Å². The van der Waals surface area contributed by atoms with E-state index in [-0.39, 0.29) is 12.1 Å². The molecule has 0 radical (unpaired) electrons. The Hall–Kier alpha value is -2.61. The fourth-order valence-corrected chi connectivity index (χ4v) is 4.32. The van der Waals surface area contributed by atoms with Crippen molar-refractivity contribution < 1.29 is 4.79 Å². The standard InChI is InChI=1S/C19H24N6OS/c1-13-12-20-17(21-13)14(2)22-18(26)24-8-5-9-25(11-10-24)19-23-15-6-3-4-7-16(15)27-19/h3-4,6-7,12,14H,5,8-11H2,1-2H3,(H,20,21)(H,22,26)/t14-/m0/s1. The van der Waals surface area contributed by atoms with Gasteiger partial charge in [-0.1, -0.05) is 23.5 Å². The Morgan fingerprint density at radius 1 is 1.26 bits per heavy atom. The number of anilines is 1. The van der Waals surface area contributed by atoms with Crippen LogP contribution in [-0.4, -0.2) is 52.1 Å². The van der Waals surface area contributed by atoms with Gasteiger partial charge in [0.2, 0.25) is 0 Å². The second-order valence-corrected chi connectivity index (χ2v) is 7.92. The van der Waals surface area contributed by atoms with Gasteiger partial charge in [0.05, 0.1) is 16.3 Å². The molecule has 1 atom stereocenters. The highest BCUT2D eigenvalue weighted by atomic mass is 32.1. The van der Waals surface area contributed by atoms with Crippen LogP contribution >= 0.6 is 11.3 Å². The number of carbonyl (C=O) groups excluding carboxylic acids is 1. The summed E-state index contributed by atoms with van der Waals surface area (Å²) < 4.78 is 1.20. The van der Waals surface area contributed by atoms with Gasteiger partial charge in [0.1, 0.15) is 5.82 Å². The summed E-state index contributed by atoms with van der Waals surface area (Å²) in [5, 5.41) is 4.08. The molecule has 0 spiro atoms. The monoisotopic (exact) mass is 384 g/mol. The molecule has 142 valence electrons. The van der Waals surface area contributed by atoms with Gasteiger partial charge in [-0.2, -0.15) is 0 Å². The van der Waals surface area contributed by atoms with Gasteiger partial charge in [0.25, 0.3) is 0 Å². The van der Waals surface area contributed by atoms with Gasteiger partial charge in [-0.3, -0.25) is 0 Å². The zero-order chi connectivity index (χ0) is 18.8. The van der Waals surface area contributed by atoms with Crippen molar-refractivity contribution >= 4 is 32.7 Å². The molecule has 1 aliphatic heterocycles. The fourth-order valence-electron chi connectivity index (χ4n) is 3.30. The number of aromatic amines is 1. The minimum Gasteiger partial charge on any atom is -0.346 e. The number of thiazole rings is 1. The zero-order valence-electron chi connectivity index (χ0n) is 15.6. The van der Waals surface area contributed by atoms with Gasteiger partial charge in [-0.15, -0.1) is 0 Å². The number of imidazole rings is 1. The van der Waals surface area contributed by atoms with Crippen LogP contribution in [0.5, 0.6) is 0 Å². The predicted molar refractivity (Wildman–Crippen MR) is 108 cm³/mol. The first kappa shape index (κ1) is 17.8. The number of nitrogens with zero attached hydrogens (tertiary/aromatic N) is 4. The van der Waals surface area contributed by atoms with Crippen LogP contribution < -0.4 is 10.2 Å². The lowest BCUT2D eigenvalue weighted by Crippen LogP contribution is -2.43. The molecule has 7 nitrogen and oxygen atoms in total. The van der Waals surface area contributed by atoms with Gasteiger partial charge in [0.15, 0.2) is 5.13 Å². The van der Waals surface area contributed by atoms with Crippen molar-refractivity contribution in [2.75, 3.05) is 31.1 Å². The van der Waals surface area contributed by atoms with Crippen molar-refractivity contribution in [1.29, 1.82) is 0 Å². The number of para-hydroxylation sites is 1. The highest BCUT2D eigenvalue weighted by Gasteiger charge is 2.22. The summed E-state index contributed by atoms with van der Waals surface area (Å²) in [6.07, 6.45) is 2.71. The molecule has 0 unspecified atom stereocenters. The van der Waals surface area contributed by atoms with E-state index in [9.17, 15) is 4.79 Å². The van der Waals surface area contributed by atoms with Gasteiger partial charge in [-0.25, -0.2) is 14.8 Å². The van der Waals surface area contributed by atoms with Crippen molar-refractivity contribution in [2.24, 2.45) is 0 Å². The summed E-state index contributed by atoms with van der Waals surface area (Å²) in [5.41, 5.74) is 2.03. The summed E-state index contributed by atoms with van der Waals surface area (Å²) in [5.74, 6) is 0.784. The molecule has 1 aliphatic rings. The van der Waals surface area contributed by atoms with E-state index in [2.05, 4.69) is 26.3 Å². The molecule has 2 N–H and O–H groups in total. The average molecular weight is 385 g/mol. The molecule has 2 aromatic heterocycles. The molecule has 27 heavy (non-hydrogen) atoms. The molecule has 0 bridgehead atoms. The summed E-state index contributed by atoms with van der Waals surface area (Å²) in [6, 6.07) is 8.02. The van der Waals surface area contributed by atoms with E-state index in [1.54, 1.807) is 17.5 Å². The average Bonchev–Trinajstić information content (AvgIpc) is 3.20. The van der Waals surface area contributed by atoms with Crippen LogP contribution in [0.15, 0.2) is 30.5 Å². The van der Waals surface area contributed by atoms with Gasteiger partial charge in [-0.05, 0) is 32.4 Å². The zero-order valence-corrected chi connectivity index (χ0v) is 16.4. The van der Waals surface area contributed by atoms with Crippen molar-refractivity contribution in [3.63, 3.8) is 0 Å². The molecular formula is C19H24N6OS. The van der Waals surface area contributed by atoms with Gasteiger partial charge >= 0.3 is 6.03 Å². The highest BCUT2D eigenvalue weighted by molar-refractivity contribution is 7.22. The maximum atomic E-state index is 12.7. The number of benzene rings is 1. The molecule has 1 aromatic carbocycles.